The van der Waals surface area contributed by atoms with Crippen molar-refractivity contribution in [1.82, 2.24) is 20.5 Å². The van der Waals surface area contributed by atoms with E-state index in [0.717, 1.165) is 49.8 Å². The fourth-order valence-corrected chi connectivity index (χ4v) is 2.18. The van der Waals surface area contributed by atoms with Crippen molar-refractivity contribution in [1.29, 1.82) is 0 Å². The molecule has 0 radical (unpaired) electrons. The third-order valence-corrected chi connectivity index (χ3v) is 3.15. The molecule has 1 fully saturated rings. The van der Waals surface area contributed by atoms with Crippen LogP contribution in [0.4, 0.5) is 5.95 Å². The molecule has 1 aromatic heterocycles. The van der Waals surface area contributed by atoms with Gasteiger partial charge < -0.3 is 10.2 Å². The predicted octanol–water partition coefficient (Wildman–Crippen LogP) is 0.794. The van der Waals surface area contributed by atoms with Crippen molar-refractivity contribution in [2.45, 2.75) is 39.7 Å². The standard InChI is InChI=1S/C12H21N5/c1-4-10-11(5-2)15-16-12(14-10)17-7-6-13-9(3)8-17/h9,13H,4-8H2,1-3H3/t9-/m1/s1. The van der Waals surface area contributed by atoms with E-state index in [2.05, 4.69) is 46.2 Å². The molecule has 1 saturated heterocycles. The summed E-state index contributed by atoms with van der Waals surface area (Å²) in [5.41, 5.74) is 2.11. The maximum absolute atomic E-state index is 4.64. The van der Waals surface area contributed by atoms with E-state index in [0.29, 0.717) is 6.04 Å². The summed E-state index contributed by atoms with van der Waals surface area (Å²) >= 11 is 0. The molecule has 0 spiro atoms. The average molecular weight is 235 g/mol. The largest absolute Gasteiger partial charge is 0.337 e. The van der Waals surface area contributed by atoms with E-state index in [9.17, 15) is 0 Å². The van der Waals surface area contributed by atoms with Gasteiger partial charge >= 0.3 is 0 Å². The number of piperazine rings is 1. The van der Waals surface area contributed by atoms with Gasteiger partial charge in [0.1, 0.15) is 0 Å². The van der Waals surface area contributed by atoms with Gasteiger partial charge in [0.05, 0.1) is 11.4 Å². The van der Waals surface area contributed by atoms with E-state index in [1.54, 1.807) is 0 Å². The lowest BCUT2D eigenvalue weighted by Crippen LogP contribution is -2.50. The lowest BCUT2D eigenvalue weighted by atomic mass is 10.2. The van der Waals surface area contributed by atoms with Crippen LogP contribution in [0.15, 0.2) is 0 Å². The van der Waals surface area contributed by atoms with E-state index in [4.69, 9.17) is 0 Å². The summed E-state index contributed by atoms with van der Waals surface area (Å²) in [4.78, 5) is 6.86. The molecule has 5 heteroatoms. The highest BCUT2D eigenvalue weighted by Gasteiger charge is 2.19. The number of anilines is 1. The van der Waals surface area contributed by atoms with Crippen LogP contribution in [0.3, 0.4) is 0 Å². The Hall–Kier alpha value is -1.23. The molecule has 0 unspecified atom stereocenters. The first kappa shape index (κ1) is 12.2. The van der Waals surface area contributed by atoms with E-state index in [1.807, 2.05) is 0 Å². The Morgan fingerprint density at radius 2 is 2.00 bits per heavy atom. The second-order valence-electron chi connectivity index (χ2n) is 4.51. The van der Waals surface area contributed by atoms with Crippen molar-refractivity contribution >= 4 is 5.95 Å². The average Bonchev–Trinajstić information content (AvgIpc) is 2.38. The number of nitrogens with one attached hydrogen (secondary N) is 1. The van der Waals surface area contributed by atoms with Gasteiger partial charge in [0, 0.05) is 25.7 Å². The van der Waals surface area contributed by atoms with Gasteiger partial charge in [-0.05, 0) is 19.8 Å². The van der Waals surface area contributed by atoms with E-state index in [1.165, 1.54) is 0 Å². The van der Waals surface area contributed by atoms with Gasteiger partial charge in [0.25, 0.3) is 0 Å². The van der Waals surface area contributed by atoms with Gasteiger partial charge in [-0.25, -0.2) is 4.98 Å². The molecule has 0 bridgehead atoms. The predicted molar refractivity (Wildman–Crippen MR) is 68.3 cm³/mol. The van der Waals surface area contributed by atoms with Gasteiger partial charge in [-0.3, -0.25) is 0 Å². The van der Waals surface area contributed by atoms with Crippen molar-refractivity contribution in [3.05, 3.63) is 11.4 Å². The third-order valence-electron chi connectivity index (χ3n) is 3.15. The Morgan fingerprint density at radius 1 is 1.24 bits per heavy atom. The molecule has 2 rings (SSSR count). The molecule has 0 saturated carbocycles. The summed E-state index contributed by atoms with van der Waals surface area (Å²) in [6, 6.07) is 0.489. The smallest absolute Gasteiger partial charge is 0.245 e. The molecule has 1 atom stereocenters. The second-order valence-corrected chi connectivity index (χ2v) is 4.51. The first-order chi connectivity index (χ1) is 8.24. The lowest BCUT2D eigenvalue weighted by Gasteiger charge is -2.31. The Labute approximate surface area is 103 Å². The third kappa shape index (κ3) is 2.72. The summed E-state index contributed by atoms with van der Waals surface area (Å²) in [6.07, 6.45) is 1.83. The minimum absolute atomic E-state index is 0.489. The van der Waals surface area contributed by atoms with Crippen LogP contribution in [0.1, 0.15) is 32.2 Å². The highest BCUT2D eigenvalue weighted by Crippen LogP contribution is 2.12. The van der Waals surface area contributed by atoms with E-state index < -0.39 is 0 Å². The fourth-order valence-electron chi connectivity index (χ4n) is 2.18. The molecule has 5 nitrogen and oxygen atoms in total. The van der Waals surface area contributed by atoms with Gasteiger partial charge in [0.15, 0.2) is 0 Å². The highest BCUT2D eigenvalue weighted by atomic mass is 15.3. The van der Waals surface area contributed by atoms with Crippen LogP contribution in [-0.2, 0) is 12.8 Å². The number of aromatic nitrogens is 3. The molecule has 0 amide bonds. The molecule has 1 aliphatic heterocycles. The Balaban J connectivity index is 2.20. The monoisotopic (exact) mass is 235 g/mol. The number of aryl methyl sites for hydroxylation is 2. The summed E-state index contributed by atoms with van der Waals surface area (Å²) in [7, 11) is 0. The first-order valence-electron chi connectivity index (χ1n) is 6.45. The Kier molecular flexibility index (Phi) is 3.89. The number of hydrogen-bond acceptors (Lipinski definition) is 5. The van der Waals surface area contributed by atoms with Crippen LogP contribution in [0.5, 0.6) is 0 Å². The van der Waals surface area contributed by atoms with E-state index in [-0.39, 0.29) is 0 Å². The Morgan fingerprint density at radius 3 is 2.65 bits per heavy atom. The van der Waals surface area contributed by atoms with E-state index >= 15 is 0 Å². The topological polar surface area (TPSA) is 53.9 Å². The number of nitrogens with zero attached hydrogens (tertiary/aromatic N) is 4. The molecule has 1 aromatic rings. The van der Waals surface area contributed by atoms with Gasteiger partial charge in [-0.15, -0.1) is 5.10 Å². The summed E-state index contributed by atoms with van der Waals surface area (Å²) in [5.74, 6) is 0.785. The molecule has 2 heterocycles. The zero-order valence-electron chi connectivity index (χ0n) is 10.9. The molecule has 94 valence electrons. The van der Waals surface area contributed by atoms with Crippen LogP contribution in [0.25, 0.3) is 0 Å². The normalized spacial score (nSPS) is 20.6. The summed E-state index contributed by atoms with van der Waals surface area (Å²) < 4.78 is 0. The molecule has 0 aromatic carbocycles. The van der Waals surface area contributed by atoms with Gasteiger partial charge in [-0.2, -0.15) is 5.10 Å². The minimum Gasteiger partial charge on any atom is -0.337 e. The van der Waals surface area contributed by atoms with Gasteiger partial charge in [-0.1, -0.05) is 13.8 Å². The van der Waals surface area contributed by atoms with Crippen molar-refractivity contribution in [2.75, 3.05) is 24.5 Å². The van der Waals surface area contributed by atoms with Crippen LogP contribution in [0, 0.1) is 0 Å². The fraction of sp³-hybridized carbons (Fsp3) is 0.750. The number of hydrogen-bond donors (Lipinski definition) is 1. The SMILES string of the molecule is CCc1nnc(N2CCN[C@H](C)C2)nc1CC. The molecular formula is C12H21N5. The molecule has 17 heavy (non-hydrogen) atoms. The van der Waals surface area contributed by atoms with Crippen molar-refractivity contribution < 1.29 is 0 Å². The molecule has 1 aliphatic rings. The van der Waals surface area contributed by atoms with Crippen molar-refractivity contribution in [3.63, 3.8) is 0 Å². The summed E-state index contributed by atoms with van der Waals surface area (Å²) in [5, 5.41) is 12.0. The maximum Gasteiger partial charge on any atom is 0.245 e. The second kappa shape index (κ2) is 5.40. The molecule has 1 N–H and O–H groups in total. The minimum atomic E-state index is 0.489. The Bertz CT molecular complexity index is 379. The lowest BCUT2D eigenvalue weighted by molar-refractivity contribution is 0.477. The van der Waals surface area contributed by atoms with Crippen LogP contribution < -0.4 is 10.2 Å². The summed E-state index contributed by atoms with van der Waals surface area (Å²) in [6.45, 7) is 9.30. The van der Waals surface area contributed by atoms with Crippen molar-refractivity contribution in [2.24, 2.45) is 0 Å². The first-order valence-corrected chi connectivity index (χ1v) is 6.45. The zero-order chi connectivity index (χ0) is 12.3. The zero-order valence-corrected chi connectivity index (χ0v) is 10.9. The van der Waals surface area contributed by atoms with Gasteiger partial charge in [0.2, 0.25) is 5.95 Å². The van der Waals surface area contributed by atoms with Crippen LogP contribution in [-0.4, -0.2) is 40.9 Å². The maximum atomic E-state index is 4.64. The van der Waals surface area contributed by atoms with Crippen LogP contribution in [0.2, 0.25) is 0 Å². The molecular weight excluding hydrogens is 214 g/mol. The van der Waals surface area contributed by atoms with Crippen molar-refractivity contribution in [3.8, 4) is 0 Å². The highest BCUT2D eigenvalue weighted by molar-refractivity contribution is 5.31. The molecule has 0 aliphatic carbocycles. The van der Waals surface area contributed by atoms with Crippen LogP contribution >= 0.6 is 0 Å². The quantitative estimate of drug-likeness (QED) is 0.839. The number of rotatable bonds is 3.